The summed E-state index contributed by atoms with van der Waals surface area (Å²) in [5.41, 5.74) is 3.21. The molecule has 2 aromatic rings. The van der Waals surface area contributed by atoms with Gasteiger partial charge >= 0.3 is 0 Å². The summed E-state index contributed by atoms with van der Waals surface area (Å²) >= 11 is 1.64. The molecule has 0 saturated carbocycles. The van der Waals surface area contributed by atoms with Gasteiger partial charge in [-0.25, -0.2) is 0 Å². The number of nitrogens with zero attached hydrogens (tertiary/aromatic N) is 1. The zero-order chi connectivity index (χ0) is 12.8. The van der Waals surface area contributed by atoms with E-state index in [1.165, 1.54) is 11.1 Å². The first-order chi connectivity index (χ1) is 8.81. The van der Waals surface area contributed by atoms with Gasteiger partial charge in [0.15, 0.2) is 0 Å². The molecule has 1 aromatic heterocycles. The number of aliphatic hydroxyl groups excluding tert-OH is 1. The summed E-state index contributed by atoms with van der Waals surface area (Å²) in [4.78, 5) is 6.03. The van der Waals surface area contributed by atoms with Crippen molar-refractivity contribution in [3.63, 3.8) is 0 Å². The Labute approximate surface area is 110 Å². The van der Waals surface area contributed by atoms with Crippen LogP contribution in [-0.2, 0) is 4.84 Å². The molecule has 0 aliphatic carbocycles. The van der Waals surface area contributed by atoms with Crippen LogP contribution in [0.1, 0.15) is 11.8 Å². The molecule has 0 saturated heterocycles. The monoisotopic (exact) mass is 261 g/mol. The van der Waals surface area contributed by atoms with E-state index in [4.69, 9.17) is 9.94 Å². The average molecular weight is 261 g/mol. The Kier molecular flexibility index (Phi) is 4.50. The highest BCUT2D eigenvalue weighted by atomic mass is 32.1. The molecule has 0 radical (unpaired) electrons. The fourth-order valence-corrected chi connectivity index (χ4v) is 2.40. The van der Waals surface area contributed by atoms with Crippen LogP contribution < -0.4 is 0 Å². The lowest BCUT2D eigenvalue weighted by Gasteiger charge is -1.98. The van der Waals surface area contributed by atoms with Crippen LogP contribution >= 0.6 is 11.3 Å². The lowest BCUT2D eigenvalue weighted by Crippen LogP contribution is -1.97. The third-order valence-corrected chi connectivity index (χ3v) is 3.49. The molecule has 0 spiro atoms. The Morgan fingerprint density at radius 2 is 2.06 bits per heavy atom. The fraction of sp³-hybridized carbons (Fsp3) is 0.214. The van der Waals surface area contributed by atoms with Gasteiger partial charge < -0.3 is 9.94 Å². The van der Waals surface area contributed by atoms with Gasteiger partial charge in [0.2, 0.25) is 0 Å². The van der Waals surface area contributed by atoms with E-state index < -0.39 is 0 Å². The molecule has 0 bridgehead atoms. The zero-order valence-corrected chi connectivity index (χ0v) is 11.0. The second kappa shape index (κ2) is 6.33. The van der Waals surface area contributed by atoms with E-state index in [2.05, 4.69) is 28.7 Å². The van der Waals surface area contributed by atoms with Crippen LogP contribution in [0.4, 0.5) is 0 Å². The maximum atomic E-state index is 8.61. The fourth-order valence-electron chi connectivity index (χ4n) is 1.54. The van der Waals surface area contributed by atoms with Gasteiger partial charge in [-0.1, -0.05) is 35.5 Å². The Bertz CT molecular complexity index is 520. The van der Waals surface area contributed by atoms with Crippen LogP contribution in [0.2, 0.25) is 0 Å². The summed E-state index contributed by atoms with van der Waals surface area (Å²) in [5, 5.41) is 14.7. The van der Waals surface area contributed by atoms with Crippen LogP contribution in [-0.4, -0.2) is 24.0 Å². The molecule has 3 nitrogen and oxygen atoms in total. The summed E-state index contributed by atoms with van der Waals surface area (Å²) < 4.78 is 0. The van der Waals surface area contributed by atoms with Crippen molar-refractivity contribution in [2.75, 3.05) is 13.2 Å². The van der Waals surface area contributed by atoms with Gasteiger partial charge in [0.25, 0.3) is 0 Å². The van der Waals surface area contributed by atoms with Gasteiger partial charge in [0.05, 0.1) is 17.2 Å². The molecule has 0 fully saturated rings. The minimum atomic E-state index is -0.0174. The van der Waals surface area contributed by atoms with E-state index in [1.54, 1.807) is 11.3 Å². The van der Waals surface area contributed by atoms with Crippen LogP contribution in [0.5, 0.6) is 0 Å². The molecule has 0 aliphatic rings. The smallest absolute Gasteiger partial charge is 0.140 e. The zero-order valence-electron chi connectivity index (χ0n) is 10.2. The molecule has 1 aromatic carbocycles. The molecule has 18 heavy (non-hydrogen) atoms. The number of hydrogen-bond acceptors (Lipinski definition) is 4. The highest BCUT2D eigenvalue weighted by Crippen LogP contribution is 2.25. The van der Waals surface area contributed by atoms with Crippen LogP contribution in [0, 0.1) is 0 Å². The van der Waals surface area contributed by atoms with E-state index in [0.717, 1.165) is 10.6 Å². The van der Waals surface area contributed by atoms with Crippen LogP contribution in [0.15, 0.2) is 46.9 Å². The molecule has 94 valence electrons. The molecule has 4 heteroatoms. The van der Waals surface area contributed by atoms with Gasteiger partial charge in [-0.05, 0) is 29.5 Å². The first-order valence-electron chi connectivity index (χ1n) is 5.73. The molecule has 0 aliphatic heterocycles. The van der Waals surface area contributed by atoms with E-state index >= 15 is 0 Å². The summed E-state index contributed by atoms with van der Waals surface area (Å²) in [6.07, 6.45) is 0. The quantitative estimate of drug-likeness (QED) is 0.510. The van der Waals surface area contributed by atoms with Gasteiger partial charge in [-0.3, -0.25) is 0 Å². The maximum absolute atomic E-state index is 8.61. The first-order valence-corrected chi connectivity index (χ1v) is 6.61. The van der Waals surface area contributed by atoms with E-state index in [-0.39, 0.29) is 13.2 Å². The number of thiophene rings is 1. The predicted octanol–water partition coefficient (Wildman–Crippen LogP) is 3.15. The van der Waals surface area contributed by atoms with Crippen molar-refractivity contribution in [2.24, 2.45) is 5.16 Å². The minimum Gasteiger partial charge on any atom is -0.393 e. The first kappa shape index (κ1) is 12.8. The highest BCUT2D eigenvalue weighted by molar-refractivity contribution is 7.12. The Balaban J connectivity index is 2.13. The highest BCUT2D eigenvalue weighted by Gasteiger charge is 2.05. The SMILES string of the molecule is CC(=NOCCO)c1cc(-c2ccccc2)cs1. The summed E-state index contributed by atoms with van der Waals surface area (Å²) in [7, 11) is 0. The minimum absolute atomic E-state index is 0.0174. The van der Waals surface area contributed by atoms with Crippen molar-refractivity contribution < 1.29 is 9.94 Å². The number of aliphatic hydroxyl groups is 1. The molecule has 1 heterocycles. The number of benzene rings is 1. The summed E-state index contributed by atoms with van der Waals surface area (Å²) in [5.74, 6) is 0. The standard InChI is InChI=1S/C14H15NO2S/c1-11(15-17-8-7-16)14-9-13(10-18-14)12-5-3-2-4-6-12/h2-6,9-10,16H,7-8H2,1H3. The van der Waals surface area contributed by atoms with Crippen molar-refractivity contribution in [3.8, 4) is 11.1 Å². The Hall–Kier alpha value is -1.65. The molecule has 0 unspecified atom stereocenters. The molecule has 0 amide bonds. The van der Waals surface area contributed by atoms with Gasteiger partial charge in [-0.2, -0.15) is 0 Å². The molecule has 0 atom stereocenters. The molecule has 1 N–H and O–H groups in total. The second-order valence-electron chi connectivity index (χ2n) is 3.80. The topological polar surface area (TPSA) is 41.8 Å². The largest absolute Gasteiger partial charge is 0.393 e. The van der Waals surface area contributed by atoms with Crippen molar-refractivity contribution in [3.05, 3.63) is 46.7 Å². The third kappa shape index (κ3) is 3.18. The number of hydrogen-bond donors (Lipinski definition) is 1. The maximum Gasteiger partial charge on any atom is 0.140 e. The number of rotatable bonds is 5. The van der Waals surface area contributed by atoms with E-state index in [1.807, 2.05) is 25.1 Å². The normalized spacial score (nSPS) is 11.6. The molecular weight excluding hydrogens is 246 g/mol. The molecular formula is C14H15NO2S. The molecule has 2 rings (SSSR count). The van der Waals surface area contributed by atoms with Crippen molar-refractivity contribution in [1.29, 1.82) is 0 Å². The van der Waals surface area contributed by atoms with Crippen molar-refractivity contribution in [1.82, 2.24) is 0 Å². The van der Waals surface area contributed by atoms with Crippen LogP contribution in [0.3, 0.4) is 0 Å². The van der Waals surface area contributed by atoms with E-state index in [9.17, 15) is 0 Å². The van der Waals surface area contributed by atoms with Crippen molar-refractivity contribution in [2.45, 2.75) is 6.92 Å². The lowest BCUT2D eigenvalue weighted by atomic mass is 10.1. The van der Waals surface area contributed by atoms with Crippen LogP contribution in [0.25, 0.3) is 11.1 Å². The Morgan fingerprint density at radius 3 is 2.78 bits per heavy atom. The average Bonchev–Trinajstić information content (AvgIpc) is 2.89. The van der Waals surface area contributed by atoms with Gasteiger partial charge in [-0.15, -0.1) is 11.3 Å². The second-order valence-corrected chi connectivity index (χ2v) is 4.71. The predicted molar refractivity (Wildman–Crippen MR) is 75.0 cm³/mol. The summed E-state index contributed by atoms with van der Waals surface area (Å²) in [6.45, 7) is 2.11. The summed E-state index contributed by atoms with van der Waals surface area (Å²) in [6, 6.07) is 12.3. The Morgan fingerprint density at radius 1 is 1.28 bits per heavy atom. The number of oxime groups is 1. The lowest BCUT2D eigenvalue weighted by molar-refractivity contribution is 0.0987. The van der Waals surface area contributed by atoms with E-state index in [0.29, 0.717) is 0 Å². The van der Waals surface area contributed by atoms with Gasteiger partial charge in [0.1, 0.15) is 6.61 Å². The van der Waals surface area contributed by atoms with Gasteiger partial charge in [0, 0.05) is 0 Å². The third-order valence-electron chi connectivity index (χ3n) is 2.45. The van der Waals surface area contributed by atoms with Crippen molar-refractivity contribution >= 4 is 17.0 Å².